The van der Waals surface area contributed by atoms with E-state index in [9.17, 15) is 0 Å². The Kier molecular flexibility index (Phi) is 4.77. The number of ether oxygens (including phenoxy) is 1. The van der Waals surface area contributed by atoms with Crippen molar-refractivity contribution in [1.82, 2.24) is 5.32 Å². The summed E-state index contributed by atoms with van der Waals surface area (Å²) in [6.45, 7) is 5.72. The first-order chi connectivity index (χ1) is 9.26. The van der Waals surface area contributed by atoms with E-state index in [1.54, 1.807) is 7.11 Å². The third-order valence-corrected chi connectivity index (χ3v) is 3.15. The molecule has 1 atom stereocenters. The third-order valence-electron chi connectivity index (χ3n) is 3.15. The maximum Gasteiger partial charge on any atom is 0.134 e. The molecule has 0 spiro atoms. The van der Waals surface area contributed by atoms with E-state index in [4.69, 9.17) is 9.15 Å². The largest absolute Gasteiger partial charge is 0.459 e. The van der Waals surface area contributed by atoms with E-state index in [1.807, 2.05) is 24.3 Å². The van der Waals surface area contributed by atoms with Crippen LogP contribution in [-0.4, -0.2) is 13.7 Å². The quantitative estimate of drug-likeness (QED) is 0.857. The predicted molar refractivity (Wildman–Crippen MR) is 76.9 cm³/mol. The van der Waals surface area contributed by atoms with Crippen molar-refractivity contribution in [2.75, 3.05) is 13.7 Å². The number of hydrogen-bond donors (Lipinski definition) is 1. The van der Waals surface area contributed by atoms with E-state index < -0.39 is 0 Å². The molecule has 19 heavy (non-hydrogen) atoms. The normalized spacial score (nSPS) is 12.6. The third kappa shape index (κ3) is 3.25. The van der Waals surface area contributed by atoms with Crippen LogP contribution in [0.25, 0.3) is 11.3 Å². The van der Waals surface area contributed by atoms with Gasteiger partial charge in [-0.3, -0.25) is 0 Å². The molecule has 0 saturated carbocycles. The van der Waals surface area contributed by atoms with E-state index in [2.05, 4.69) is 31.3 Å². The van der Waals surface area contributed by atoms with Gasteiger partial charge in [-0.2, -0.15) is 0 Å². The van der Waals surface area contributed by atoms with E-state index in [1.165, 1.54) is 0 Å². The fraction of sp³-hybridized carbons (Fsp3) is 0.375. The van der Waals surface area contributed by atoms with Gasteiger partial charge < -0.3 is 14.5 Å². The highest BCUT2D eigenvalue weighted by atomic mass is 16.5. The molecule has 1 aromatic heterocycles. The van der Waals surface area contributed by atoms with Crippen molar-refractivity contribution in [3.8, 4) is 11.3 Å². The molecule has 0 bridgehead atoms. The molecule has 0 fully saturated rings. The Labute approximate surface area is 114 Å². The lowest BCUT2D eigenvalue weighted by Crippen LogP contribution is -2.16. The number of methoxy groups -OCH3 is 1. The summed E-state index contributed by atoms with van der Waals surface area (Å²) in [5.41, 5.74) is 2.24. The van der Waals surface area contributed by atoms with Gasteiger partial charge in [-0.15, -0.1) is 0 Å². The van der Waals surface area contributed by atoms with Crippen LogP contribution < -0.4 is 5.32 Å². The molecule has 0 radical (unpaired) electrons. The Hall–Kier alpha value is -1.58. The van der Waals surface area contributed by atoms with Gasteiger partial charge in [0.25, 0.3) is 0 Å². The first kappa shape index (κ1) is 13.8. The Balaban J connectivity index is 2.27. The van der Waals surface area contributed by atoms with Crippen LogP contribution >= 0.6 is 0 Å². The maximum atomic E-state index is 5.95. The molecule has 1 aromatic carbocycles. The van der Waals surface area contributed by atoms with Crippen LogP contribution in [0.5, 0.6) is 0 Å². The Bertz CT molecular complexity index is 519. The second-order valence-corrected chi connectivity index (χ2v) is 4.57. The minimum atomic E-state index is 0.230. The fourth-order valence-electron chi connectivity index (χ4n) is 2.18. The van der Waals surface area contributed by atoms with E-state index in [0.717, 1.165) is 29.2 Å². The van der Waals surface area contributed by atoms with Crippen molar-refractivity contribution in [1.29, 1.82) is 0 Å². The minimum absolute atomic E-state index is 0.230. The highest BCUT2D eigenvalue weighted by Crippen LogP contribution is 2.28. The van der Waals surface area contributed by atoms with Crippen LogP contribution in [0.3, 0.4) is 0 Å². The smallest absolute Gasteiger partial charge is 0.134 e. The van der Waals surface area contributed by atoms with Gasteiger partial charge in [0.05, 0.1) is 12.6 Å². The molecular weight excluding hydrogens is 238 g/mol. The molecule has 2 aromatic rings. The second kappa shape index (κ2) is 6.55. The fourth-order valence-corrected chi connectivity index (χ4v) is 2.18. The number of benzene rings is 1. The van der Waals surface area contributed by atoms with E-state index in [-0.39, 0.29) is 6.04 Å². The summed E-state index contributed by atoms with van der Waals surface area (Å²) in [5, 5.41) is 3.35. The van der Waals surface area contributed by atoms with Crippen LogP contribution in [0.15, 0.2) is 40.8 Å². The molecule has 0 amide bonds. The zero-order valence-electron chi connectivity index (χ0n) is 11.8. The monoisotopic (exact) mass is 259 g/mol. The van der Waals surface area contributed by atoms with Crippen LogP contribution in [0, 0.1) is 0 Å². The lowest BCUT2D eigenvalue weighted by Gasteiger charge is -2.09. The van der Waals surface area contributed by atoms with Gasteiger partial charge in [-0.1, -0.05) is 31.2 Å². The summed E-state index contributed by atoms with van der Waals surface area (Å²) in [7, 11) is 1.71. The summed E-state index contributed by atoms with van der Waals surface area (Å²) in [5.74, 6) is 1.86. The summed E-state index contributed by atoms with van der Waals surface area (Å²) in [6.07, 6.45) is 0. The summed E-state index contributed by atoms with van der Waals surface area (Å²) < 4.78 is 11.2. The zero-order valence-corrected chi connectivity index (χ0v) is 11.8. The van der Waals surface area contributed by atoms with E-state index in [0.29, 0.717) is 6.61 Å². The summed E-state index contributed by atoms with van der Waals surface area (Å²) >= 11 is 0. The SMILES string of the molecule is CCNC(C)c1ccc(-c2ccccc2COC)o1. The first-order valence-corrected chi connectivity index (χ1v) is 6.66. The average Bonchev–Trinajstić information content (AvgIpc) is 2.90. The Morgan fingerprint density at radius 3 is 2.74 bits per heavy atom. The number of rotatable bonds is 6. The maximum absolute atomic E-state index is 5.95. The highest BCUT2D eigenvalue weighted by molar-refractivity contribution is 5.62. The molecule has 1 heterocycles. The van der Waals surface area contributed by atoms with Gasteiger partial charge in [0.1, 0.15) is 11.5 Å². The van der Waals surface area contributed by atoms with Crippen molar-refractivity contribution < 1.29 is 9.15 Å². The zero-order chi connectivity index (χ0) is 13.7. The summed E-state index contributed by atoms with van der Waals surface area (Å²) in [6, 6.07) is 12.5. The Morgan fingerprint density at radius 1 is 1.21 bits per heavy atom. The molecule has 0 aliphatic rings. The molecule has 0 aliphatic carbocycles. The Morgan fingerprint density at radius 2 is 2.00 bits per heavy atom. The summed E-state index contributed by atoms with van der Waals surface area (Å²) in [4.78, 5) is 0. The molecule has 0 saturated heterocycles. The molecule has 102 valence electrons. The first-order valence-electron chi connectivity index (χ1n) is 6.66. The van der Waals surface area contributed by atoms with Gasteiger partial charge >= 0.3 is 0 Å². The predicted octanol–water partition coefficient (Wildman–Crippen LogP) is 3.76. The van der Waals surface area contributed by atoms with Crippen LogP contribution in [0.4, 0.5) is 0 Å². The van der Waals surface area contributed by atoms with Crippen LogP contribution in [0.2, 0.25) is 0 Å². The van der Waals surface area contributed by atoms with Gasteiger partial charge in [0.15, 0.2) is 0 Å². The lowest BCUT2D eigenvalue weighted by atomic mass is 10.1. The lowest BCUT2D eigenvalue weighted by molar-refractivity contribution is 0.185. The molecule has 0 aliphatic heterocycles. The van der Waals surface area contributed by atoms with Crippen molar-refractivity contribution in [2.45, 2.75) is 26.5 Å². The van der Waals surface area contributed by atoms with Gasteiger partial charge in [0, 0.05) is 12.7 Å². The van der Waals surface area contributed by atoms with Crippen molar-refractivity contribution in [3.05, 3.63) is 47.7 Å². The number of furan rings is 1. The van der Waals surface area contributed by atoms with Crippen LogP contribution in [-0.2, 0) is 11.3 Å². The van der Waals surface area contributed by atoms with Gasteiger partial charge in [-0.05, 0) is 31.2 Å². The van der Waals surface area contributed by atoms with Gasteiger partial charge in [-0.25, -0.2) is 0 Å². The van der Waals surface area contributed by atoms with Crippen molar-refractivity contribution >= 4 is 0 Å². The van der Waals surface area contributed by atoms with Gasteiger partial charge in [0.2, 0.25) is 0 Å². The number of nitrogens with one attached hydrogen (secondary N) is 1. The van der Waals surface area contributed by atoms with Crippen LogP contribution in [0.1, 0.15) is 31.2 Å². The molecule has 1 N–H and O–H groups in total. The highest BCUT2D eigenvalue weighted by Gasteiger charge is 2.12. The standard InChI is InChI=1S/C16H21NO2/c1-4-17-12(2)15-9-10-16(19-15)14-8-6-5-7-13(14)11-18-3/h5-10,12,17H,4,11H2,1-3H3. The van der Waals surface area contributed by atoms with Crippen molar-refractivity contribution in [2.24, 2.45) is 0 Å². The molecular formula is C16H21NO2. The average molecular weight is 259 g/mol. The minimum Gasteiger partial charge on any atom is -0.459 e. The van der Waals surface area contributed by atoms with E-state index >= 15 is 0 Å². The molecule has 2 rings (SSSR count). The topological polar surface area (TPSA) is 34.4 Å². The molecule has 3 nitrogen and oxygen atoms in total. The second-order valence-electron chi connectivity index (χ2n) is 4.57. The van der Waals surface area contributed by atoms with Crippen molar-refractivity contribution in [3.63, 3.8) is 0 Å². The molecule has 1 unspecified atom stereocenters. The number of hydrogen-bond acceptors (Lipinski definition) is 3. The molecule has 3 heteroatoms.